The Hall–Kier alpha value is -2.70. The van der Waals surface area contributed by atoms with Gasteiger partial charge in [0.1, 0.15) is 6.10 Å². The summed E-state index contributed by atoms with van der Waals surface area (Å²) in [5, 5.41) is 0. The molecule has 7 heteroatoms. The summed E-state index contributed by atoms with van der Waals surface area (Å²) in [5.74, 6) is 0.435. The number of piperidine rings is 1. The Labute approximate surface area is 134 Å². The molecule has 0 N–H and O–H groups in total. The molecule has 0 aromatic carbocycles. The highest BCUT2D eigenvalue weighted by Crippen LogP contribution is 2.17. The molecule has 3 heterocycles. The van der Waals surface area contributed by atoms with E-state index < -0.39 is 0 Å². The number of aromatic nitrogens is 3. The van der Waals surface area contributed by atoms with Crippen LogP contribution in [0.4, 0.5) is 0 Å². The number of methoxy groups -OCH3 is 1. The number of ether oxygens (including phenoxy) is 2. The molecule has 1 unspecified atom stereocenters. The molecule has 1 fully saturated rings. The van der Waals surface area contributed by atoms with Gasteiger partial charge in [-0.05, 0) is 25.0 Å². The van der Waals surface area contributed by atoms with Crippen molar-refractivity contribution < 1.29 is 14.3 Å². The molecule has 7 nitrogen and oxygen atoms in total. The second-order valence-electron chi connectivity index (χ2n) is 5.25. The molecular weight excluding hydrogens is 296 g/mol. The number of hydrogen-bond donors (Lipinski definition) is 0. The maximum absolute atomic E-state index is 12.6. The molecule has 23 heavy (non-hydrogen) atoms. The molecule has 3 rings (SSSR count). The molecule has 1 atom stereocenters. The van der Waals surface area contributed by atoms with Crippen molar-refractivity contribution in [2.24, 2.45) is 0 Å². The summed E-state index contributed by atoms with van der Waals surface area (Å²) in [4.78, 5) is 26.5. The molecular formula is C16H18N4O3. The second-order valence-corrected chi connectivity index (χ2v) is 5.25. The topological polar surface area (TPSA) is 77.4 Å². The fourth-order valence-electron chi connectivity index (χ4n) is 2.52. The molecule has 2 aromatic heterocycles. The van der Waals surface area contributed by atoms with Gasteiger partial charge in [-0.15, -0.1) is 0 Å². The highest BCUT2D eigenvalue weighted by molar-refractivity contribution is 5.94. The number of pyridine rings is 1. The number of likely N-dealkylation sites (tertiary alicyclic amines) is 1. The fourth-order valence-corrected chi connectivity index (χ4v) is 2.52. The largest absolute Gasteiger partial charge is 0.481 e. The van der Waals surface area contributed by atoms with E-state index in [-0.39, 0.29) is 12.0 Å². The number of nitrogens with zero attached hydrogens (tertiary/aromatic N) is 4. The maximum Gasteiger partial charge on any atom is 0.316 e. The van der Waals surface area contributed by atoms with Gasteiger partial charge in [-0.1, -0.05) is 0 Å². The normalized spacial score (nSPS) is 17.6. The average molecular weight is 314 g/mol. The van der Waals surface area contributed by atoms with E-state index in [1.165, 1.54) is 6.20 Å². The summed E-state index contributed by atoms with van der Waals surface area (Å²) in [7, 11) is 1.54. The van der Waals surface area contributed by atoms with Crippen LogP contribution in [0.5, 0.6) is 11.9 Å². The second kappa shape index (κ2) is 7.04. The molecule has 0 aliphatic carbocycles. The van der Waals surface area contributed by atoms with E-state index in [9.17, 15) is 4.79 Å². The van der Waals surface area contributed by atoms with Gasteiger partial charge in [0.25, 0.3) is 5.91 Å². The predicted molar refractivity (Wildman–Crippen MR) is 82.4 cm³/mol. The summed E-state index contributed by atoms with van der Waals surface area (Å²) in [6.45, 7) is 1.23. The van der Waals surface area contributed by atoms with Gasteiger partial charge in [-0.3, -0.25) is 4.79 Å². The molecule has 1 aliphatic rings. The Morgan fingerprint density at radius 3 is 2.78 bits per heavy atom. The monoisotopic (exact) mass is 314 g/mol. The van der Waals surface area contributed by atoms with Gasteiger partial charge in [0.15, 0.2) is 0 Å². The smallest absolute Gasteiger partial charge is 0.316 e. The first-order chi connectivity index (χ1) is 11.3. The highest BCUT2D eigenvalue weighted by Gasteiger charge is 2.26. The maximum atomic E-state index is 12.6. The first-order valence-corrected chi connectivity index (χ1v) is 7.49. The van der Waals surface area contributed by atoms with Crippen molar-refractivity contribution in [3.63, 3.8) is 0 Å². The molecule has 0 bridgehead atoms. The zero-order chi connectivity index (χ0) is 16.1. The summed E-state index contributed by atoms with van der Waals surface area (Å²) in [6, 6.07) is 5.49. The molecule has 0 spiro atoms. The minimum atomic E-state index is -0.0960. The van der Waals surface area contributed by atoms with Crippen molar-refractivity contribution in [2.75, 3.05) is 20.2 Å². The van der Waals surface area contributed by atoms with Crippen LogP contribution in [-0.2, 0) is 0 Å². The zero-order valence-electron chi connectivity index (χ0n) is 12.9. The standard InChI is InChI=1S/C16H18N4O3/c1-22-14-6-5-12(10-19-14)15(21)20-9-2-4-13(11-20)23-16-17-7-3-8-18-16/h3,5-8,10,13H,2,4,9,11H2,1H3. The third-order valence-corrected chi connectivity index (χ3v) is 3.67. The van der Waals surface area contributed by atoms with Crippen LogP contribution in [0.2, 0.25) is 0 Å². The lowest BCUT2D eigenvalue weighted by atomic mass is 10.1. The lowest BCUT2D eigenvalue weighted by molar-refractivity contribution is 0.0515. The molecule has 120 valence electrons. The lowest BCUT2D eigenvalue weighted by Crippen LogP contribution is -2.44. The minimum Gasteiger partial charge on any atom is -0.481 e. The zero-order valence-corrected chi connectivity index (χ0v) is 12.9. The van der Waals surface area contributed by atoms with Gasteiger partial charge in [0.2, 0.25) is 5.88 Å². The van der Waals surface area contributed by atoms with E-state index in [2.05, 4.69) is 15.0 Å². The molecule has 1 amide bonds. The lowest BCUT2D eigenvalue weighted by Gasteiger charge is -2.32. The molecule has 1 saturated heterocycles. The molecule has 0 saturated carbocycles. The van der Waals surface area contributed by atoms with Crippen LogP contribution in [0, 0.1) is 0 Å². The van der Waals surface area contributed by atoms with E-state index >= 15 is 0 Å². The van der Waals surface area contributed by atoms with E-state index in [1.54, 1.807) is 42.6 Å². The van der Waals surface area contributed by atoms with Gasteiger partial charge < -0.3 is 14.4 Å². The number of carbonyl (C=O) groups is 1. The van der Waals surface area contributed by atoms with Crippen molar-refractivity contribution in [1.82, 2.24) is 19.9 Å². The van der Waals surface area contributed by atoms with Gasteiger partial charge >= 0.3 is 6.01 Å². The number of rotatable bonds is 4. The SMILES string of the molecule is COc1ccc(C(=O)N2CCCC(Oc3ncccn3)C2)cn1. The van der Waals surface area contributed by atoms with Crippen molar-refractivity contribution in [2.45, 2.75) is 18.9 Å². The van der Waals surface area contributed by atoms with Gasteiger partial charge in [0.05, 0.1) is 19.2 Å². The van der Waals surface area contributed by atoms with E-state index in [0.717, 1.165) is 12.8 Å². The van der Waals surface area contributed by atoms with E-state index in [4.69, 9.17) is 9.47 Å². The van der Waals surface area contributed by atoms with Crippen molar-refractivity contribution >= 4 is 5.91 Å². The Morgan fingerprint density at radius 2 is 2.09 bits per heavy atom. The predicted octanol–water partition coefficient (Wildman–Crippen LogP) is 1.56. The summed E-state index contributed by atoms with van der Waals surface area (Å²) in [5.41, 5.74) is 0.544. The Kier molecular flexibility index (Phi) is 4.65. The van der Waals surface area contributed by atoms with Crippen LogP contribution in [0.1, 0.15) is 23.2 Å². The number of carbonyl (C=O) groups excluding carboxylic acids is 1. The van der Waals surface area contributed by atoms with Crippen molar-refractivity contribution in [3.8, 4) is 11.9 Å². The first kappa shape index (κ1) is 15.2. The van der Waals surface area contributed by atoms with Crippen LogP contribution >= 0.6 is 0 Å². The number of hydrogen-bond acceptors (Lipinski definition) is 6. The van der Waals surface area contributed by atoms with E-state index in [1.807, 2.05) is 0 Å². The average Bonchev–Trinajstić information content (AvgIpc) is 2.62. The summed E-state index contributed by atoms with van der Waals surface area (Å²) >= 11 is 0. The Bertz CT molecular complexity index is 648. The van der Waals surface area contributed by atoms with Gasteiger partial charge in [-0.2, -0.15) is 0 Å². The van der Waals surface area contributed by atoms with Gasteiger partial charge in [0, 0.05) is 31.2 Å². The van der Waals surface area contributed by atoms with Crippen LogP contribution in [-0.4, -0.2) is 52.1 Å². The quantitative estimate of drug-likeness (QED) is 0.852. The molecule has 0 radical (unpaired) electrons. The van der Waals surface area contributed by atoms with Crippen molar-refractivity contribution in [1.29, 1.82) is 0 Å². The van der Waals surface area contributed by atoms with Crippen LogP contribution in [0.3, 0.4) is 0 Å². The molecule has 1 aliphatic heterocycles. The summed E-state index contributed by atoms with van der Waals surface area (Å²) < 4.78 is 10.8. The third kappa shape index (κ3) is 3.74. The first-order valence-electron chi connectivity index (χ1n) is 7.49. The third-order valence-electron chi connectivity index (χ3n) is 3.67. The summed E-state index contributed by atoms with van der Waals surface area (Å²) in [6.07, 6.45) is 6.47. The Balaban J connectivity index is 1.64. The van der Waals surface area contributed by atoms with E-state index in [0.29, 0.717) is 30.5 Å². The molecule has 2 aromatic rings. The number of amides is 1. The Morgan fingerprint density at radius 1 is 1.26 bits per heavy atom. The van der Waals surface area contributed by atoms with Crippen LogP contribution < -0.4 is 9.47 Å². The highest BCUT2D eigenvalue weighted by atomic mass is 16.5. The minimum absolute atomic E-state index is 0.0533. The van der Waals surface area contributed by atoms with Gasteiger partial charge in [-0.25, -0.2) is 15.0 Å². The van der Waals surface area contributed by atoms with Crippen LogP contribution in [0.15, 0.2) is 36.8 Å². The van der Waals surface area contributed by atoms with Crippen molar-refractivity contribution in [3.05, 3.63) is 42.4 Å². The fraction of sp³-hybridized carbons (Fsp3) is 0.375. The van der Waals surface area contributed by atoms with Crippen LogP contribution in [0.25, 0.3) is 0 Å².